The molecule has 76 valence electrons. The van der Waals surface area contributed by atoms with E-state index < -0.39 is 0 Å². The van der Waals surface area contributed by atoms with Crippen LogP contribution < -0.4 is 5.32 Å². The first-order valence-corrected chi connectivity index (χ1v) is 5.44. The molecule has 0 saturated carbocycles. The predicted octanol–water partition coefficient (Wildman–Crippen LogP) is 3.46. The van der Waals surface area contributed by atoms with Crippen LogP contribution in [0.25, 0.3) is 0 Å². The van der Waals surface area contributed by atoms with Crippen molar-refractivity contribution in [3.8, 4) is 0 Å². The van der Waals surface area contributed by atoms with E-state index in [4.69, 9.17) is 11.6 Å². The fraction of sp³-hybridized carbons (Fsp3) is 0.333. The van der Waals surface area contributed by atoms with Crippen LogP contribution in [-0.4, -0.2) is 12.4 Å². The topological polar surface area (TPSA) is 12.0 Å². The summed E-state index contributed by atoms with van der Waals surface area (Å²) in [6.45, 7) is 2.99. The van der Waals surface area contributed by atoms with E-state index in [-0.39, 0.29) is 0 Å². The molecule has 0 aliphatic heterocycles. The van der Waals surface area contributed by atoms with E-state index in [0.29, 0.717) is 5.88 Å². The number of aryl methyl sites for hydroxylation is 1. The number of hydrogen-bond acceptors (Lipinski definition) is 1. The lowest BCUT2D eigenvalue weighted by Gasteiger charge is -2.03. The lowest BCUT2D eigenvalue weighted by atomic mass is 10.1. The summed E-state index contributed by atoms with van der Waals surface area (Å²) in [6, 6.07) is 8.50. The van der Waals surface area contributed by atoms with Crippen LogP contribution in [0.4, 0.5) is 5.69 Å². The molecule has 0 spiro atoms. The maximum absolute atomic E-state index is 5.51. The summed E-state index contributed by atoms with van der Waals surface area (Å²) in [7, 11) is 0. The molecule has 0 heterocycles. The zero-order chi connectivity index (χ0) is 10.2. The highest BCUT2D eigenvalue weighted by molar-refractivity contribution is 6.18. The summed E-state index contributed by atoms with van der Waals surface area (Å²) < 4.78 is 0. The first kappa shape index (κ1) is 11.1. The smallest absolute Gasteiger partial charge is 0.0404 e. The number of alkyl halides is 1. The summed E-state index contributed by atoms with van der Waals surface area (Å²) in [5, 5.41) is 3.29. The molecule has 0 bridgehead atoms. The number of hydrogen-bond donors (Lipinski definition) is 1. The van der Waals surface area contributed by atoms with Crippen LogP contribution in [0.3, 0.4) is 0 Å². The fourth-order valence-electron chi connectivity index (χ4n) is 1.18. The van der Waals surface area contributed by atoms with Crippen molar-refractivity contribution in [3.05, 3.63) is 42.0 Å². The summed E-state index contributed by atoms with van der Waals surface area (Å²) in [4.78, 5) is 0. The fourth-order valence-corrected chi connectivity index (χ4v) is 1.31. The third kappa shape index (κ3) is 3.84. The van der Waals surface area contributed by atoms with Crippen LogP contribution in [0.2, 0.25) is 0 Å². The Morgan fingerprint density at radius 3 is 2.50 bits per heavy atom. The van der Waals surface area contributed by atoms with Gasteiger partial charge in [0.25, 0.3) is 0 Å². The molecular formula is C12H16ClN. The number of nitrogens with one attached hydrogen (secondary N) is 1. The number of anilines is 1. The zero-order valence-corrected chi connectivity index (χ0v) is 9.22. The van der Waals surface area contributed by atoms with E-state index in [9.17, 15) is 0 Å². The zero-order valence-electron chi connectivity index (χ0n) is 8.46. The van der Waals surface area contributed by atoms with Crippen molar-refractivity contribution in [1.82, 2.24) is 0 Å². The van der Waals surface area contributed by atoms with Gasteiger partial charge in [0.2, 0.25) is 0 Å². The minimum atomic E-state index is 0.580. The normalized spacial score (nSPS) is 10.7. The first-order chi connectivity index (χ1) is 6.86. The van der Waals surface area contributed by atoms with Crippen molar-refractivity contribution in [2.45, 2.75) is 13.3 Å². The van der Waals surface area contributed by atoms with Crippen LogP contribution in [0, 0.1) is 0 Å². The standard InChI is InChI=1S/C12H16ClN/c1-2-11-5-7-12(8-6-11)14-10-4-3-9-13/h3-8,14H,2,9-10H2,1H3/b4-3+. The predicted molar refractivity (Wildman–Crippen MR) is 64.2 cm³/mol. The highest BCUT2D eigenvalue weighted by Gasteiger charge is 1.90. The number of rotatable bonds is 5. The molecule has 0 unspecified atom stereocenters. The lowest BCUT2D eigenvalue weighted by Crippen LogP contribution is -1.97. The van der Waals surface area contributed by atoms with E-state index in [1.165, 1.54) is 5.56 Å². The van der Waals surface area contributed by atoms with Gasteiger partial charge in [-0.05, 0) is 24.1 Å². The molecule has 0 atom stereocenters. The number of allylic oxidation sites excluding steroid dienone is 1. The Labute approximate surface area is 90.8 Å². The van der Waals surface area contributed by atoms with Crippen molar-refractivity contribution < 1.29 is 0 Å². The summed E-state index contributed by atoms with van der Waals surface area (Å²) in [5.41, 5.74) is 2.52. The summed E-state index contributed by atoms with van der Waals surface area (Å²) in [5.74, 6) is 0.580. The third-order valence-corrected chi connectivity index (χ3v) is 2.22. The van der Waals surface area contributed by atoms with Gasteiger partial charge in [-0.15, -0.1) is 11.6 Å². The highest BCUT2D eigenvalue weighted by atomic mass is 35.5. The molecule has 0 amide bonds. The van der Waals surface area contributed by atoms with Gasteiger partial charge in [-0.25, -0.2) is 0 Å². The Morgan fingerprint density at radius 1 is 1.21 bits per heavy atom. The van der Waals surface area contributed by atoms with Gasteiger partial charge in [0.05, 0.1) is 0 Å². The molecule has 0 fully saturated rings. The van der Waals surface area contributed by atoms with E-state index in [1.807, 2.05) is 12.2 Å². The molecule has 0 aliphatic carbocycles. The van der Waals surface area contributed by atoms with E-state index in [0.717, 1.165) is 18.7 Å². The maximum atomic E-state index is 5.51. The van der Waals surface area contributed by atoms with Gasteiger partial charge in [0.1, 0.15) is 0 Å². The summed E-state index contributed by atoms with van der Waals surface area (Å²) >= 11 is 5.51. The minimum Gasteiger partial charge on any atom is -0.382 e. The molecule has 1 N–H and O–H groups in total. The van der Waals surface area contributed by atoms with Crippen LogP contribution >= 0.6 is 11.6 Å². The molecule has 1 aromatic carbocycles. The minimum absolute atomic E-state index is 0.580. The molecule has 1 rings (SSSR count). The van der Waals surface area contributed by atoms with Gasteiger partial charge in [0.15, 0.2) is 0 Å². The lowest BCUT2D eigenvalue weighted by molar-refractivity contribution is 1.14. The van der Waals surface area contributed by atoms with Crippen LogP contribution in [0.1, 0.15) is 12.5 Å². The second kappa shape index (κ2) is 6.50. The van der Waals surface area contributed by atoms with Gasteiger partial charge in [0, 0.05) is 18.1 Å². The first-order valence-electron chi connectivity index (χ1n) is 4.90. The quantitative estimate of drug-likeness (QED) is 0.579. The molecule has 14 heavy (non-hydrogen) atoms. The van der Waals surface area contributed by atoms with Gasteiger partial charge in [-0.2, -0.15) is 0 Å². The Kier molecular flexibility index (Phi) is 5.16. The Morgan fingerprint density at radius 2 is 1.93 bits per heavy atom. The average molecular weight is 210 g/mol. The third-order valence-electron chi connectivity index (χ3n) is 2.04. The molecule has 0 aromatic heterocycles. The Hall–Kier alpha value is -0.950. The van der Waals surface area contributed by atoms with Gasteiger partial charge in [-0.1, -0.05) is 31.2 Å². The van der Waals surface area contributed by atoms with E-state index >= 15 is 0 Å². The Balaban J connectivity index is 2.40. The van der Waals surface area contributed by atoms with Crippen molar-refractivity contribution in [3.63, 3.8) is 0 Å². The maximum Gasteiger partial charge on any atom is 0.0404 e. The highest BCUT2D eigenvalue weighted by Crippen LogP contribution is 2.09. The van der Waals surface area contributed by atoms with Crippen molar-refractivity contribution in [2.24, 2.45) is 0 Å². The molecule has 0 radical (unpaired) electrons. The number of halogens is 1. The molecule has 0 saturated heterocycles. The van der Waals surface area contributed by atoms with Crippen LogP contribution in [0.5, 0.6) is 0 Å². The van der Waals surface area contributed by atoms with E-state index in [1.54, 1.807) is 0 Å². The van der Waals surface area contributed by atoms with Gasteiger partial charge >= 0.3 is 0 Å². The SMILES string of the molecule is CCc1ccc(NC/C=C/CCl)cc1. The van der Waals surface area contributed by atoms with Crippen LogP contribution in [0.15, 0.2) is 36.4 Å². The average Bonchev–Trinajstić information content (AvgIpc) is 2.25. The molecular weight excluding hydrogens is 194 g/mol. The molecule has 0 aliphatic rings. The number of benzene rings is 1. The monoisotopic (exact) mass is 209 g/mol. The summed E-state index contributed by atoms with van der Waals surface area (Å²) in [6.07, 6.45) is 5.06. The van der Waals surface area contributed by atoms with Crippen molar-refractivity contribution in [1.29, 1.82) is 0 Å². The molecule has 2 heteroatoms. The Bertz CT molecular complexity index is 277. The van der Waals surface area contributed by atoms with E-state index in [2.05, 4.69) is 36.5 Å². The van der Waals surface area contributed by atoms with Crippen LogP contribution in [-0.2, 0) is 6.42 Å². The largest absolute Gasteiger partial charge is 0.382 e. The van der Waals surface area contributed by atoms with Gasteiger partial charge < -0.3 is 5.32 Å². The van der Waals surface area contributed by atoms with Crippen molar-refractivity contribution >= 4 is 17.3 Å². The molecule has 1 nitrogen and oxygen atoms in total. The van der Waals surface area contributed by atoms with Crippen molar-refractivity contribution in [2.75, 3.05) is 17.7 Å². The van der Waals surface area contributed by atoms with Gasteiger partial charge in [-0.3, -0.25) is 0 Å². The second-order valence-corrected chi connectivity index (χ2v) is 3.37. The second-order valence-electron chi connectivity index (χ2n) is 3.06. The molecule has 1 aromatic rings.